The monoisotopic (exact) mass is 420 g/mol. The van der Waals surface area contributed by atoms with Gasteiger partial charge in [-0.25, -0.2) is 0 Å². The molecule has 0 spiro atoms. The van der Waals surface area contributed by atoms with Crippen LogP contribution in [0.2, 0.25) is 0 Å². The largest absolute Gasteiger partial charge is 0.457 e. The van der Waals surface area contributed by atoms with Crippen LogP contribution in [0.4, 0.5) is 0 Å². The van der Waals surface area contributed by atoms with Crippen molar-refractivity contribution in [1.82, 2.24) is 20.0 Å². The number of morpholine rings is 1. The maximum atomic E-state index is 13.0. The summed E-state index contributed by atoms with van der Waals surface area (Å²) in [7, 11) is 3.46. The average Bonchev–Trinajstić information content (AvgIpc) is 3.20. The molecule has 8 nitrogen and oxygen atoms in total. The van der Waals surface area contributed by atoms with Crippen molar-refractivity contribution >= 4 is 11.8 Å². The van der Waals surface area contributed by atoms with E-state index in [4.69, 9.17) is 9.47 Å². The lowest BCUT2D eigenvalue weighted by molar-refractivity contribution is -0.162. The molecule has 8 heteroatoms. The molecule has 160 valence electrons. The van der Waals surface area contributed by atoms with Gasteiger partial charge in [0.1, 0.15) is 18.1 Å². The van der Waals surface area contributed by atoms with Gasteiger partial charge in [0, 0.05) is 32.4 Å². The number of ether oxygens (including phenoxy) is 2. The van der Waals surface area contributed by atoms with Gasteiger partial charge in [-0.2, -0.15) is 5.10 Å². The van der Waals surface area contributed by atoms with E-state index in [0.717, 1.165) is 16.9 Å². The fraction of sp³-hybridized carbons (Fsp3) is 0.261. The topological polar surface area (TPSA) is 85.7 Å². The van der Waals surface area contributed by atoms with Crippen molar-refractivity contribution in [3.8, 4) is 11.5 Å². The quantitative estimate of drug-likeness (QED) is 0.662. The molecule has 1 N–H and O–H groups in total. The smallest absolute Gasteiger partial charge is 0.251 e. The maximum absolute atomic E-state index is 13.0. The van der Waals surface area contributed by atoms with E-state index in [1.165, 1.54) is 0 Å². The van der Waals surface area contributed by atoms with Gasteiger partial charge in [0.05, 0.1) is 12.2 Å². The van der Waals surface area contributed by atoms with Crippen LogP contribution in [0.15, 0.2) is 67.0 Å². The van der Waals surface area contributed by atoms with Crippen molar-refractivity contribution in [3.63, 3.8) is 0 Å². The predicted octanol–water partition coefficient (Wildman–Crippen LogP) is 2.43. The molecule has 2 heterocycles. The second-order valence-corrected chi connectivity index (χ2v) is 7.41. The molecule has 2 atom stereocenters. The molecule has 4 rings (SSSR count). The van der Waals surface area contributed by atoms with Gasteiger partial charge in [-0.05, 0) is 29.8 Å². The van der Waals surface area contributed by atoms with Crippen molar-refractivity contribution in [2.45, 2.75) is 18.7 Å². The highest BCUT2D eigenvalue weighted by molar-refractivity contribution is 5.86. The van der Waals surface area contributed by atoms with Crippen molar-refractivity contribution in [2.75, 3.05) is 13.7 Å². The Morgan fingerprint density at radius 3 is 2.68 bits per heavy atom. The molecule has 1 saturated heterocycles. The standard InChI is InChI=1S/C23H24N4O4/c1-26-14-17(13-25-26)21-22(30-15-20(28)27(21)2)23(29)24-12-16-7-6-10-19(11-16)31-18-8-4-3-5-9-18/h3-11,13-14,21-22H,12,15H2,1-2H3,(H,24,29)/t21-,22+/m0/s1. The Labute approximate surface area is 180 Å². The molecule has 0 radical (unpaired) electrons. The fourth-order valence-electron chi connectivity index (χ4n) is 3.56. The van der Waals surface area contributed by atoms with Crippen molar-refractivity contribution < 1.29 is 19.1 Å². The Morgan fingerprint density at radius 1 is 1.16 bits per heavy atom. The molecule has 0 bridgehead atoms. The van der Waals surface area contributed by atoms with Crippen LogP contribution in [-0.4, -0.2) is 46.3 Å². The van der Waals surface area contributed by atoms with Crippen LogP contribution in [0, 0.1) is 0 Å². The van der Waals surface area contributed by atoms with Crippen LogP contribution < -0.4 is 10.1 Å². The highest BCUT2D eigenvalue weighted by atomic mass is 16.5. The summed E-state index contributed by atoms with van der Waals surface area (Å²) in [5.74, 6) is 0.961. The summed E-state index contributed by atoms with van der Waals surface area (Å²) < 4.78 is 13.1. The molecule has 3 aromatic rings. The number of amides is 2. The van der Waals surface area contributed by atoms with Gasteiger partial charge < -0.3 is 19.7 Å². The maximum Gasteiger partial charge on any atom is 0.251 e. The summed E-state index contributed by atoms with van der Waals surface area (Å²) >= 11 is 0. The summed E-state index contributed by atoms with van der Waals surface area (Å²) in [5.41, 5.74) is 1.64. The van der Waals surface area contributed by atoms with Crippen LogP contribution in [-0.2, 0) is 27.9 Å². The first-order valence-electron chi connectivity index (χ1n) is 9.96. The Hall–Kier alpha value is -3.65. The van der Waals surface area contributed by atoms with E-state index in [2.05, 4.69) is 10.4 Å². The Bertz CT molecular complexity index is 1070. The summed E-state index contributed by atoms with van der Waals surface area (Å²) in [5, 5.41) is 7.08. The zero-order valence-electron chi connectivity index (χ0n) is 17.4. The minimum atomic E-state index is -0.823. The molecular weight excluding hydrogens is 396 g/mol. The predicted molar refractivity (Wildman–Crippen MR) is 113 cm³/mol. The Balaban J connectivity index is 1.44. The van der Waals surface area contributed by atoms with E-state index in [1.807, 2.05) is 54.6 Å². The van der Waals surface area contributed by atoms with Gasteiger partial charge in [0.25, 0.3) is 5.91 Å². The summed E-state index contributed by atoms with van der Waals surface area (Å²) in [6.07, 6.45) is 2.61. The number of rotatable bonds is 6. The lowest BCUT2D eigenvalue weighted by Crippen LogP contribution is -2.52. The number of benzene rings is 2. The van der Waals surface area contributed by atoms with Gasteiger partial charge in [-0.1, -0.05) is 30.3 Å². The molecule has 1 fully saturated rings. The third kappa shape index (κ3) is 4.75. The summed E-state index contributed by atoms with van der Waals surface area (Å²) in [6, 6.07) is 16.5. The van der Waals surface area contributed by atoms with E-state index in [1.54, 1.807) is 36.1 Å². The molecule has 2 amide bonds. The first-order valence-corrected chi connectivity index (χ1v) is 9.96. The highest BCUT2D eigenvalue weighted by Gasteiger charge is 2.40. The molecule has 2 aromatic carbocycles. The highest BCUT2D eigenvalue weighted by Crippen LogP contribution is 2.29. The number of aromatic nitrogens is 2. The minimum Gasteiger partial charge on any atom is -0.457 e. The zero-order valence-corrected chi connectivity index (χ0v) is 17.4. The van der Waals surface area contributed by atoms with Crippen LogP contribution in [0.25, 0.3) is 0 Å². The van der Waals surface area contributed by atoms with E-state index in [9.17, 15) is 9.59 Å². The number of carbonyl (C=O) groups is 2. The first kappa shape index (κ1) is 20.6. The van der Waals surface area contributed by atoms with Crippen LogP contribution in [0.3, 0.4) is 0 Å². The summed E-state index contributed by atoms with van der Waals surface area (Å²) in [4.78, 5) is 26.6. The minimum absolute atomic E-state index is 0.133. The number of nitrogens with zero attached hydrogens (tertiary/aromatic N) is 3. The molecule has 1 aliphatic rings. The van der Waals surface area contributed by atoms with E-state index < -0.39 is 12.1 Å². The van der Waals surface area contributed by atoms with Gasteiger partial charge >= 0.3 is 0 Å². The number of para-hydroxylation sites is 1. The second-order valence-electron chi connectivity index (χ2n) is 7.41. The average molecular weight is 420 g/mol. The SMILES string of the molecule is CN1C(=O)CO[C@@H](C(=O)NCc2cccc(Oc3ccccc3)c2)[C@@H]1c1cnn(C)c1. The Morgan fingerprint density at radius 2 is 1.94 bits per heavy atom. The van der Waals surface area contributed by atoms with Crippen molar-refractivity contribution in [3.05, 3.63) is 78.1 Å². The van der Waals surface area contributed by atoms with Crippen LogP contribution >= 0.6 is 0 Å². The lowest BCUT2D eigenvalue weighted by Gasteiger charge is -2.37. The molecule has 0 aliphatic carbocycles. The number of aryl methyl sites for hydroxylation is 1. The lowest BCUT2D eigenvalue weighted by atomic mass is 10.0. The van der Waals surface area contributed by atoms with Gasteiger partial charge in [0.2, 0.25) is 5.91 Å². The molecule has 0 unspecified atom stereocenters. The van der Waals surface area contributed by atoms with Crippen molar-refractivity contribution in [2.24, 2.45) is 7.05 Å². The summed E-state index contributed by atoms with van der Waals surface area (Å²) in [6.45, 7) is 0.174. The molecule has 1 aromatic heterocycles. The van der Waals surface area contributed by atoms with Gasteiger partial charge in [0.15, 0.2) is 6.10 Å². The third-order valence-electron chi connectivity index (χ3n) is 5.15. The number of hydrogen-bond acceptors (Lipinski definition) is 5. The molecule has 0 saturated carbocycles. The third-order valence-corrected chi connectivity index (χ3v) is 5.15. The first-order chi connectivity index (χ1) is 15.0. The number of carbonyl (C=O) groups excluding carboxylic acids is 2. The van der Waals surface area contributed by atoms with Gasteiger partial charge in [-0.3, -0.25) is 14.3 Å². The molecule has 1 aliphatic heterocycles. The van der Waals surface area contributed by atoms with Crippen LogP contribution in [0.5, 0.6) is 11.5 Å². The number of nitrogens with one attached hydrogen (secondary N) is 1. The normalized spacial score (nSPS) is 18.6. The van der Waals surface area contributed by atoms with E-state index in [0.29, 0.717) is 12.3 Å². The van der Waals surface area contributed by atoms with Crippen LogP contribution in [0.1, 0.15) is 17.2 Å². The van der Waals surface area contributed by atoms with E-state index >= 15 is 0 Å². The van der Waals surface area contributed by atoms with Gasteiger partial charge in [-0.15, -0.1) is 0 Å². The fourth-order valence-corrected chi connectivity index (χ4v) is 3.56. The zero-order chi connectivity index (χ0) is 21.8. The molecule has 31 heavy (non-hydrogen) atoms. The molecular formula is C23H24N4O4. The van der Waals surface area contributed by atoms with E-state index in [-0.39, 0.29) is 18.4 Å². The Kier molecular flexibility index (Phi) is 5.99. The number of likely N-dealkylation sites (N-methyl/N-ethyl adjacent to an activating group) is 1. The number of hydrogen-bond donors (Lipinski definition) is 1. The van der Waals surface area contributed by atoms with Crippen molar-refractivity contribution in [1.29, 1.82) is 0 Å². The second kappa shape index (κ2) is 9.01.